The number of halogens is 1. The number of carbonyl (C=O) groups is 1. The SMILES string of the molecule is COc1ccc(C(C(=O)O)c2ccc(F)cc2)cc1C. The van der Waals surface area contributed by atoms with Crippen LogP contribution in [0.5, 0.6) is 5.75 Å². The van der Waals surface area contributed by atoms with E-state index in [4.69, 9.17) is 4.74 Å². The molecule has 3 nitrogen and oxygen atoms in total. The topological polar surface area (TPSA) is 46.5 Å². The van der Waals surface area contributed by atoms with E-state index in [1.807, 2.05) is 6.92 Å². The molecular formula is C16H15FO3. The van der Waals surface area contributed by atoms with Crippen molar-refractivity contribution in [2.45, 2.75) is 12.8 Å². The van der Waals surface area contributed by atoms with Crippen LogP contribution in [-0.2, 0) is 4.79 Å². The van der Waals surface area contributed by atoms with E-state index in [2.05, 4.69) is 0 Å². The second kappa shape index (κ2) is 5.74. The van der Waals surface area contributed by atoms with Gasteiger partial charge in [0.25, 0.3) is 0 Å². The summed E-state index contributed by atoms with van der Waals surface area (Å²) in [6.45, 7) is 1.85. The highest BCUT2D eigenvalue weighted by molar-refractivity contribution is 5.80. The summed E-state index contributed by atoms with van der Waals surface area (Å²) in [5.74, 6) is -1.47. The Morgan fingerprint density at radius 2 is 1.75 bits per heavy atom. The zero-order chi connectivity index (χ0) is 14.7. The van der Waals surface area contributed by atoms with Gasteiger partial charge in [-0.2, -0.15) is 0 Å². The molecule has 0 amide bonds. The number of carboxylic acids is 1. The van der Waals surface area contributed by atoms with Crippen molar-refractivity contribution in [1.29, 1.82) is 0 Å². The standard InChI is InChI=1S/C16H15FO3/c1-10-9-12(5-8-14(10)20-2)15(16(18)19)11-3-6-13(17)7-4-11/h3-9,15H,1-2H3,(H,18,19). The highest BCUT2D eigenvalue weighted by atomic mass is 19.1. The normalized spacial score (nSPS) is 11.9. The molecule has 1 atom stereocenters. The molecule has 2 aromatic carbocycles. The van der Waals surface area contributed by atoms with Gasteiger partial charge in [0.1, 0.15) is 17.5 Å². The van der Waals surface area contributed by atoms with E-state index in [0.29, 0.717) is 16.9 Å². The predicted molar refractivity (Wildman–Crippen MR) is 73.6 cm³/mol. The van der Waals surface area contributed by atoms with Gasteiger partial charge >= 0.3 is 5.97 Å². The zero-order valence-corrected chi connectivity index (χ0v) is 11.3. The summed E-state index contributed by atoms with van der Waals surface area (Å²) < 4.78 is 18.1. The van der Waals surface area contributed by atoms with Gasteiger partial charge in [-0.3, -0.25) is 4.79 Å². The fourth-order valence-corrected chi connectivity index (χ4v) is 2.21. The van der Waals surface area contributed by atoms with Gasteiger partial charge in [-0.25, -0.2) is 4.39 Å². The molecule has 0 radical (unpaired) electrons. The predicted octanol–water partition coefficient (Wildman–Crippen LogP) is 3.36. The van der Waals surface area contributed by atoms with Crippen molar-refractivity contribution in [3.63, 3.8) is 0 Å². The third kappa shape index (κ3) is 2.79. The summed E-state index contributed by atoms with van der Waals surface area (Å²) in [5, 5.41) is 9.44. The number of carboxylic acid groups (broad SMARTS) is 1. The Morgan fingerprint density at radius 1 is 1.15 bits per heavy atom. The minimum Gasteiger partial charge on any atom is -0.496 e. The maximum Gasteiger partial charge on any atom is 0.315 e. The lowest BCUT2D eigenvalue weighted by atomic mass is 9.90. The first-order valence-corrected chi connectivity index (χ1v) is 6.15. The number of hydrogen-bond acceptors (Lipinski definition) is 2. The van der Waals surface area contributed by atoms with Crippen molar-refractivity contribution in [1.82, 2.24) is 0 Å². The van der Waals surface area contributed by atoms with Gasteiger partial charge in [0.2, 0.25) is 0 Å². The molecule has 20 heavy (non-hydrogen) atoms. The molecule has 0 bridgehead atoms. The first-order chi connectivity index (χ1) is 9.52. The molecule has 2 aromatic rings. The first kappa shape index (κ1) is 14.1. The Morgan fingerprint density at radius 3 is 2.25 bits per heavy atom. The average molecular weight is 274 g/mol. The highest BCUT2D eigenvalue weighted by Gasteiger charge is 2.22. The fourth-order valence-electron chi connectivity index (χ4n) is 2.21. The summed E-state index contributed by atoms with van der Waals surface area (Å²) >= 11 is 0. The minimum absolute atomic E-state index is 0.385. The van der Waals surface area contributed by atoms with Crippen LogP contribution in [0, 0.1) is 12.7 Å². The van der Waals surface area contributed by atoms with Crippen LogP contribution in [0.2, 0.25) is 0 Å². The van der Waals surface area contributed by atoms with Crippen molar-refractivity contribution >= 4 is 5.97 Å². The largest absolute Gasteiger partial charge is 0.496 e. The number of rotatable bonds is 4. The van der Waals surface area contributed by atoms with Gasteiger partial charge in [0.15, 0.2) is 0 Å². The van der Waals surface area contributed by atoms with Crippen LogP contribution >= 0.6 is 0 Å². The van der Waals surface area contributed by atoms with Crippen molar-refractivity contribution < 1.29 is 19.0 Å². The number of aryl methyl sites for hydroxylation is 1. The molecule has 0 saturated carbocycles. The average Bonchev–Trinajstić information content (AvgIpc) is 2.41. The van der Waals surface area contributed by atoms with Crippen molar-refractivity contribution in [2.75, 3.05) is 7.11 Å². The summed E-state index contributed by atoms with van der Waals surface area (Å²) in [7, 11) is 1.57. The number of hydrogen-bond donors (Lipinski definition) is 1. The summed E-state index contributed by atoms with van der Waals surface area (Å²) in [4.78, 5) is 11.5. The maximum absolute atomic E-state index is 13.0. The van der Waals surface area contributed by atoms with Crippen LogP contribution < -0.4 is 4.74 Å². The second-order valence-electron chi connectivity index (χ2n) is 4.55. The summed E-state index contributed by atoms with van der Waals surface area (Å²) in [6, 6.07) is 10.8. The number of methoxy groups -OCH3 is 1. The Bertz CT molecular complexity index is 620. The van der Waals surface area contributed by atoms with Gasteiger partial charge in [-0.15, -0.1) is 0 Å². The lowest BCUT2D eigenvalue weighted by molar-refractivity contribution is -0.137. The molecule has 0 spiro atoms. The van der Waals surface area contributed by atoms with E-state index >= 15 is 0 Å². The molecule has 4 heteroatoms. The maximum atomic E-state index is 13.0. The lowest BCUT2D eigenvalue weighted by Gasteiger charge is -2.15. The third-order valence-electron chi connectivity index (χ3n) is 3.20. The molecule has 1 N–H and O–H groups in total. The van der Waals surface area contributed by atoms with Crippen LogP contribution in [0.3, 0.4) is 0 Å². The Hall–Kier alpha value is -2.36. The molecule has 0 aliphatic carbocycles. The van der Waals surface area contributed by atoms with Gasteiger partial charge in [-0.05, 0) is 41.8 Å². The van der Waals surface area contributed by atoms with Gasteiger partial charge in [0.05, 0.1) is 7.11 Å². The first-order valence-electron chi connectivity index (χ1n) is 6.15. The molecule has 0 aliphatic rings. The number of benzene rings is 2. The smallest absolute Gasteiger partial charge is 0.315 e. The zero-order valence-electron chi connectivity index (χ0n) is 11.3. The molecule has 0 heterocycles. The third-order valence-corrected chi connectivity index (χ3v) is 3.20. The van der Waals surface area contributed by atoms with E-state index in [1.54, 1.807) is 25.3 Å². The minimum atomic E-state index is -0.971. The fraction of sp³-hybridized carbons (Fsp3) is 0.188. The van der Waals surface area contributed by atoms with Crippen LogP contribution in [0.15, 0.2) is 42.5 Å². The second-order valence-corrected chi connectivity index (χ2v) is 4.55. The van der Waals surface area contributed by atoms with Gasteiger partial charge < -0.3 is 9.84 Å². The van der Waals surface area contributed by atoms with E-state index in [0.717, 1.165) is 5.56 Å². The molecule has 1 unspecified atom stereocenters. The molecule has 0 fully saturated rings. The van der Waals surface area contributed by atoms with E-state index in [-0.39, 0.29) is 5.82 Å². The number of ether oxygens (including phenoxy) is 1. The van der Waals surface area contributed by atoms with Crippen molar-refractivity contribution in [3.8, 4) is 5.75 Å². The molecule has 0 saturated heterocycles. The van der Waals surface area contributed by atoms with Crippen LogP contribution in [0.25, 0.3) is 0 Å². The summed E-state index contributed by atoms with van der Waals surface area (Å²) in [6.07, 6.45) is 0. The molecule has 0 aliphatic heterocycles. The van der Waals surface area contributed by atoms with Crippen LogP contribution in [0.4, 0.5) is 4.39 Å². The Labute approximate surface area is 116 Å². The molecule has 0 aromatic heterocycles. The molecule has 2 rings (SSSR count). The number of aliphatic carboxylic acids is 1. The molecular weight excluding hydrogens is 259 g/mol. The Kier molecular flexibility index (Phi) is 4.03. The van der Waals surface area contributed by atoms with E-state index in [1.165, 1.54) is 24.3 Å². The van der Waals surface area contributed by atoms with Crippen LogP contribution in [-0.4, -0.2) is 18.2 Å². The van der Waals surface area contributed by atoms with Gasteiger partial charge in [-0.1, -0.05) is 24.3 Å². The highest BCUT2D eigenvalue weighted by Crippen LogP contribution is 2.29. The monoisotopic (exact) mass is 274 g/mol. The van der Waals surface area contributed by atoms with Crippen molar-refractivity contribution in [3.05, 3.63) is 65.0 Å². The Balaban J connectivity index is 2.46. The lowest BCUT2D eigenvalue weighted by Crippen LogP contribution is -2.13. The van der Waals surface area contributed by atoms with Gasteiger partial charge in [0, 0.05) is 0 Å². The van der Waals surface area contributed by atoms with E-state index < -0.39 is 11.9 Å². The quantitative estimate of drug-likeness (QED) is 0.930. The van der Waals surface area contributed by atoms with Crippen molar-refractivity contribution in [2.24, 2.45) is 0 Å². The molecule has 104 valence electrons. The van der Waals surface area contributed by atoms with Crippen LogP contribution in [0.1, 0.15) is 22.6 Å². The summed E-state index contributed by atoms with van der Waals surface area (Å²) in [5.41, 5.74) is 2.05. The van der Waals surface area contributed by atoms with E-state index in [9.17, 15) is 14.3 Å².